The zero-order valence-electron chi connectivity index (χ0n) is 10.5. The van der Waals surface area contributed by atoms with Gasteiger partial charge in [-0.25, -0.2) is 0 Å². The first kappa shape index (κ1) is 12.5. The van der Waals surface area contributed by atoms with Crippen molar-refractivity contribution in [3.63, 3.8) is 0 Å². The van der Waals surface area contributed by atoms with Crippen molar-refractivity contribution in [1.29, 1.82) is 0 Å². The summed E-state index contributed by atoms with van der Waals surface area (Å²) in [6.07, 6.45) is 1.81. The third kappa shape index (κ3) is 3.49. The molecule has 94 valence electrons. The van der Waals surface area contributed by atoms with Gasteiger partial charge in [-0.15, -0.1) is 0 Å². The van der Waals surface area contributed by atoms with Gasteiger partial charge in [0, 0.05) is 38.9 Å². The third-order valence-corrected chi connectivity index (χ3v) is 3.40. The second-order valence-corrected chi connectivity index (χ2v) is 4.81. The second-order valence-electron chi connectivity index (χ2n) is 4.81. The van der Waals surface area contributed by atoms with Crippen molar-refractivity contribution in [2.24, 2.45) is 11.7 Å². The Labute approximate surface area is 103 Å². The van der Waals surface area contributed by atoms with Crippen molar-refractivity contribution in [2.75, 3.05) is 32.7 Å². The second kappa shape index (κ2) is 6.10. The Kier molecular flexibility index (Phi) is 4.48. The number of pyridine rings is 1. The Morgan fingerprint density at radius 2 is 2.18 bits per heavy atom. The molecule has 0 aromatic carbocycles. The first-order chi connectivity index (χ1) is 8.27. The minimum atomic E-state index is 0.0334. The van der Waals surface area contributed by atoms with Crippen LogP contribution >= 0.6 is 0 Å². The van der Waals surface area contributed by atoms with E-state index in [0.717, 1.165) is 38.4 Å². The molecule has 0 spiro atoms. The lowest BCUT2D eigenvalue weighted by atomic mass is 9.98. The van der Waals surface area contributed by atoms with Gasteiger partial charge in [-0.1, -0.05) is 13.0 Å². The molecule has 2 heterocycles. The highest BCUT2D eigenvalue weighted by molar-refractivity contribution is 5.09. The highest BCUT2D eigenvalue weighted by Gasteiger charge is 2.19. The number of nitrogens with one attached hydrogen (secondary N) is 1. The Morgan fingerprint density at radius 1 is 1.41 bits per heavy atom. The zero-order valence-corrected chi connectivity index (χ0v) is 10.5. The van der Waals surface area contributed by atoms with Gasteiger partial charge in [0.1, 0.15) is 0 Å². The van der Waals surface area contributed by atoms with E-state index < -0.39 is 0 Å². The van der Waals surface area contributed by atoms with Gasteiger partial charge >= 0.3 is 0 Å². The Hall–Kier alpha value is -0.970. The molecule has 3 N–H and O–H groups in total. The van der Waals surface area contributed by atoms with E-state index in [0.29, 0.717) is 5.92 Å². The Bertz CT molecular complexity index is 321. The molecule has 2 atom stereocenters. The molecule has 0 radical (unpaired) electrons. The smallest absolute Gasteiger partial charge is 0.0574 e. The van der Waals surface area contributed by atoms with Crippen LogP contribution in [0.15, 0.2) is 24.4 Å². The summed E-state index contributed by atoms with van der Waals surface area (Å²) in [7, 11) is 0. The summed E-state index contributed by atoms with van der Waals surface area (Å²) in [5.41, 5.74) is 7.25. The molecule has 4 heteroatoms. The highest BCUT2D eigenvalue weighted by Crippen LogP contribution is 2.18. The summed E-state index contributed by atoms with van der Waals surface area (Å²) in [6, 6.07) is 5.97. The largest absolute Gasteiger partial charge is 0.322 e. The van der Waals surface area contributed by atoms with E-state index in [2.05, 4.69) is 22.1 Å². The third-order valence-electron chi connectivity index (χ3n) is 3.40. The van der Waals surface area contributed by atoms with E-state index in [-0.39, 0.29) is 6.04 Å². The van der Waals surface area contributed by atoms with Gasteiger partial charge < -0.3 is 16.0 Å². The van der Waals surface area contributed by atoms with Gasteiger partial charge in [0.15, 0.2) is 0 Å². The molecule has 1 aromatic rings. The first-order valence-corrected chi connectivity index (χ1v) is 6.37. The molecule has 2 unspecified atom stereocenters. The van der Waals surface area contributed by atoms with Crippen LogP contribution in [0.3, 0.4) is 0 Å². The summed E-state index contributed by atoms with van der Waals surface area (Å²) in [6.45, 7) is 7.69. The van der Waals surface area contributed by atoms with E-state index in [4.69, 9.17) is 5.73 Å². The molecule has 0 bridgehead atoms. The summed E-state index contributed by atoms with van der Waals surface area (Å²) in [4.78, 5) is 6.81. The molecule has 1 aliphatic rings. The SMILES string of the molecule is CC(CN1CCNCC1)C(N)c1ccccn1. The van der Waals surface area contributed by atoms with Gasteiger partial charge in [-0.05, 0) is 18.1 Å². The fourth-order valence-electron chi connectivity index (χ4n) is 2.28. The van der Waals surface area contributed by atoms with Gasteiger partial charge in [0.2, 0.25) is 0 Å². The maximum absolute atomic E-state index is 6.25. The van der Waals surface area contributed by atoms with Crippen molar-refractivity contribution in [2.45, 2.75) is 13.0 Å². The van der Waals surface area contributed by atoms with E-state index in [1.54, 1.807) is 0 Å². The Morgan fingerprint density at radius 3 is 2.82 bits per heavy atom. The minimum Gasteiger partial charge on any atom is -0.322 e. The quantitative estimate of drug-likeness (QED) is 0.802. The number of nitrogens with two attached hydrogens (primary N) is 1. The van der Waals surface area contributed by atoms with Gasteiger partial charge in [0.25, 0.3) is 0 Å². The molecule has 0 amide bonds. The van der Waals surface area contributed by atoms with Crippen LogP contribution in [0.1, 0.15) is 18.7 Å². The van der Waals surface area contributed by atoms with E-state index >= 15 is 0 Å². The molecule has 1 fully saturated rings. The van der Waals surface area contributed by atoms with Crippen LogP contribution in [0.4, 0.5) is 0 Å². The molecule has 1 aromatic heterocycles. The molecule has 0 saturated carbocycles. The fourth-order valence-corrected chi connectivity index (χ4v) is 2.28. The fraction of sp³-hybridized carbons (Fsp3) is 0.615. The molecule has 17 heavy (non-hydrogen) atoms. The van der Waals surface area contributed by atoms with Crippen molar-refractivity contribution >= 4 is 0 Å². The van der Waals surface area contributed by atoms with Crippen LogP contribution in [0.5, 0.6) is 0 Å². The molecule has 1 saturated heterocycles. The molecule has 1 aliphatic heterocycles. The number of nitrogens with zero attached hydrogens (tertiary/aromatic N) is 2. The molecule has 4 nitrogen and oxygen atoms in total. The van der Waals surface area contributed by atoms with Gasteiger partial charge in [0.05, 0.1) is 11.7 Å². The normalized spacial score (nSPS) is 21.1. The van der Waals surface area contributed by atoms with Crippen LogP contribution in [0.25, 0.3) is 0 Å². The van der Waals surface area contributed by atoms with Crippen molar-refractivity contribution < 1.29 is 0 Å². The summed E-state index contributed by atoms with van der Waals surface area (Å²) in [5.74, 6) is 0.433. The van der Waals surface area contributed by atoms with Crippen molar-refractivity contribution in [1.82, 2.24) is 15.2 Å². The van der Waals surface area contributed by atoms with Crippen molar-refractivity contribution in [3.05, 3.63) is 30.1 Å². The zero-order chi connectivity index (χ0) is 12.1. The molecular weight excluding hydrogens is 212 g/mol. The molecule has 0 aliphatic carbocycles. The van der Waals surface area contributed by atoms with E-state index in [1.165, 1.54) is 0 Å². The summed E-state index contributed by atoms with van der Waals surface area (Å²) < 4.78 is 0. The monoisotopic (exact) mass is 234 g/mol. The topological polar surface area (TPSA) is 54.2 Å². The maximum atomic E-state index is 6.25. The lowest BCUT2D eigenvalue weighted by Gasteiger charge is -2.31. The minimum absolute atomic E-state index is 0.0334. The summed E-state index contributed by atoms with van der Waals surface area (Å²) >= 11 is 0. The number of hydrogen-bond donors (Lipinski definition) is 2. The predicted molar refractivity (Wildman–Crippen MR) is 69.6 cm³/mol. The van der Waals surface area contributed by atoms with Crippen LogP contribution in [0.2, 0.25) is 0 Å². The highest BCUT2D eigenvalue weighted by atomic mass is 15.2. The summed E-state index contributed by atoms with van der Waals surface area (Å²) in [5, 5.41) is 3.36. The standard InChI is InChI=1S/C13H22N4/c1-11(10-17-8-6-15-7-9-17)13(14)12-4-2-3-5-16-12/h2-5,11,13,15H,6-10,14H2,1H3. The lowest BCUT2D eigenvalue weighted by Crippen LogP contribution is -2.46. The maximum Gasteiger partial charge on any atom is 0.0574 e. The molecular formula is C13H22N4. The van der Waals surface area contributed by atoms with Gasteiger partial charge in [-0.2, -0.15) is 0 Å². The lowest BCUT2D eigenvalue weighted by molar-refractivity contribution is 0.198. The van der Waals surface area contributed by atoms with Crippen molar-refractivity contribution in [3.8, 4) is 0 Å². The number of rotatable bonds is 4. The number of hydrogen-bond acceptors (Lipinski definition) is 4. The average molecular weight is 234 g/mol. The van der Waals surface area contributed by atoms with Crippen LogP contribution in [0, 0.1) is 5.92 Å². The van der Waals surface area contributed by atoms with Crippen LogP contribution in [-0.2, 0) is 0 Å². The average Bonchev–Trinajstić information content (AvgIpc) is 2.40. The predicted octanol–water partition coefficient (Wildman–Crippen LogP) is 0.623. The first-order valence-electron chi connectivity index (χ1n) is 6.37. The number of piperazine rings is 1. The van der Waals surface area contributed by atoms with Crippen LogP contribution < -0.4 is 11.1 Å². The Balaban J connectivity index is 1.88. The van der Waals surface area contributed by atoms with Crippen LogP contribution in [-0.4, -0.2) is 42.6 Å². The van der Waals surface area contributed by atoms with E-state index in [1.807, 2.05) is 24.4 Å². The number of aromatic nitrogens is 1. The van der Waals surface area contributed by atoms with E-state index in [9.17, 15) is 0 Å². The van der Waals surface area contributed by atoms with Gasteiger partial charge in [-0.3, -0.25) is 4.98 Å². The molecule has 2 rings (SSSR count).